The number of nitriles is 1. The van der Waals surface area contributed by atoms with E-state index < -0.39 is 0 Å². The SMILES string of the molecule is CCC(CC(C#N)CC(C)C(=O)OC)c1ccccc1. The van der Waals surface area contributed by atoms with Gasteiger partial charge in [-0.25, -0.2) is 0 Å². The van der Waals surface area contributed by atoms with E-state index in [0.29, 0.717) is 12.3 Å². The van der Waals surface area contributed by atoms with Gasteiger partial charge >= 0.3 is 5.97 Å². The number of carbonyl (C=O) groups excluding carboxylic acids is 1. The Morgan fingerprint density at radius 1 is 1.30 bits per heavy atom. The fraction of sp³-hybridized carbons (Fsp3) is 0.529. The lowest BCUT2D eigenvalue weighted by Gasteiger charge is -2.20. The summed E-state index contributed by atoms with van der Waals surface area (Å²) >= 11 is 0. The van der Waals surface area contributed by atoms with Crippen molar-refractivity contribution in [1.82, 2.24) is 0 Å². The first-order valence-corrected chi connectivity index (χ1v) is 7.14. The van der Waals surface area contributed by atoms with E-state index in [0.717, 1.165) is 12.8 Å². The second-order valence-corrected chi connectivity index (χ2v) is 5.24. The van der Waals surface area contributed by atoms with Crippen molar-refractivity contribution in [3.05, 3.63) is 35.9 Å². The first-order chi connectivity index (χ1) is 9.62. The maximum atomic E-state index is 11.5. The molecule has 0 radical (unpaired) electrons. The summed E-state index contributed by atoms with van der Waals surface area (Å²) in [5, 5.41) is 9.32. The molecule has 1 rings (SSSR count). The third-order valence-corrected chi connectivity index (χ3v) is 3.76. The van der Waals surface area contributed by atoms with Gasteiger partial charge in [-0.2, -0.15) is 5.26 Å². The predicted octanol–water partition coefficient (Wildman–Crippen LogP) is 3.91. The van der Waals surface area contributed by atoms with Gasteiger partial charge < -0.3 is 4.74 Å². The molecule has 3 nitrogen and oxygen atoms in total. The van der Waals surface area contributed by atoms with Gasteiger partial charge in [0.2, 0.25) is 0 Å². The van der Waals surface area contributed by atoms with Crippen LogP contribution in [0.25, 0.3) is 0 Å². The first kappa shape index (κ1) is 16.2. The molecule has 1 aromatic rings. The molecule has 0 aliphatic heterocycles. The second-order valence-electron chi connectivity index (χ2n) is 5.24. The lowest BCUT2D eigenvalue weighted by atomic mass is 9.84. The molecule has 0 heterocycles. The minimum Gasteiger partial charge on any atom is -0.469 e. The molecule has 20 heavy (non-hydrogen) atoms. The van der Waals surface area contributed by atoms with Crippen molar-refractivity contribution in [1.29, 1.82) is 5.26 Å². The molecule has 0 N–H and O–H groups in total. The molecule has 0 spiro atoms. The van der Waals surface area contributed by atoms with Crippen molar-refractivity contribution in [2.75, 3.05) is 7.11 Å². The third kappa shape index (κ3) is 4.70. The van der Waals surface area contributed by atoms with E-state index in [1.807, 2.05) is 25.1 Å². The highest BCUT2D eigenvalue weighted by molar-refractivity contribution is 5.71. The van der Waals surface area contributed by atoms with Crippen LogP contribution in [0.5, 0.6) is 0 Å². The van der Waals surface area contributed by atoms with Gasteiger partial charge in [0.15, 0.2) is 0 Å². The molecule has 0 saturated carbocycles. The van der Waals surface area contributed by atoms with Crippen molar-refractivity contribution in [3.8, 4) is 6.07 Å². The van der Waals surface area contributed by atoms with Gasteiger partial charge in [-0.1, -0.05) is 44.2 Å². The van der Waals surface area contributed by atoms with E-state index in [9.17, 15) is 10.1 Å². The average molecular weight is 273 g/mol. The zero-order valence-corrected chi connectivity index (χ0v) is 12.5. The summed E-state index contributed by atoms with van der Waals surface area (Å²) in [6.07, 6.45) is 2.35. The van der Waals surface area contributed by atoms with E-state index >= 15 is 0 Å². The highest BCUT2D eigenvalue weighted by Gasteiger charge is 2.22. The fourth-order valence-electron chi connectivity index (χ4n) is 2.53. The van der Waals surface area contributed by atoms with E-state index in [-0.39, 0.29) is 17.8 Å². The number of nitrogens with zero attached hydrogens (tertiary/aromatic N) is 1. The molecule has 3 unspecified atom stereocenters. The molecule has 0 aliphatic carbocycles. The molecule has 1 aromatic carbocycles. The van der Waals surface area contributed by atoms with Gasteiger partial charge in [-0.3, -0.25) is 4.79 Å². The Labute approximate surface area is 121 Å². The van der Waals surface area contributed by atoms with Crippen LogP contribution in [0.3, 0.4) is 0 Å². The number of ether oxygens (including phenoxy) is 1. The summed E-state index contributed by atoms with van der Waals surface area (Å²) in [6, 6.07) is 12.6. The summed E-state index contributed by atoms with van der Waals surface area (Å²) < 4.78 is 4.72. The Morgan fingerprint density at radius 3 is 2.45 bits per heavy atom. The predicted molar refractivity (Wildman–Crippen MR) is 79.0 cm³/mol. The van der Waals surface area contributed by atoms with E-state index in [1.165, 1.54) is 12.7 Å². The van der Waals surface area contributed by atoms with Crippen LogP contribution in [0, 0.1) is 23.2 Å². The second kappa shape index (κ2) is 8.37. The minimum absolute atomic E-state index is 0.116. The Morgan fingerprint density at radius 2 is 1.95 bits per heavy atom. The van der Waals surface area contributed by atoms with Crippen LogP contribution in [0.1, 0.15) is 44.6 Å². The summed E-state index contributed by atoms with van der Waals surface area (Å²) in [5.74, 6) is -0.212. The third-order valence-electron chi connectivity index (χ3n) is 3.76. The van der Waals surface area contributed by atoms with Crippen LogP contribution < -0.4 is 0 Å². The Kier molecular flexibility index (Phi) is 6.79. The Bertz CT molecular complexity index is 450. The number of esters is 1. The molecule has 0 bridgehead atoms. The van der Waals surface area contributed by atoms with Crippen LogP contribution in [0.2, 0.25) is 0 Å². The maximum absolute atomic E-state index is 11.5. The topological polar surface area (TPSA) is 50.1 Å². The van der Waals surface area contributed by atoms with Crippen LogP contribution >= 0.6 is 0 Å². The van der Waals surface area contributed by atoms with Crippen molar-refractivity contribution in [2.24, 2.45) is 11.8 Å². The van der Waals surface area contributed by atoms with Gasteiger partial charge in [0, 0.05) is 5.92 Å². The zero-order chi connectivity index (χ0) is 15.0. The first-order valence-electron chi connectivity index (χ1n) is 7.14. The van der Waals surface area contributed by atoms with Crippen LogP contribution in [-0.4, -0.2) is 13.1 Å². The van der Waals surface area contributed by atoms with E-state index in [4.69, 9.17) is 4.74 Å². The Hall–Kier alpha value is -1.82. The lowest BCUT2D eigenvalue weighted by molar-refractivity contribution is -0.145. The fourth-order valence-corrected chi connectivity index (χ4v) is 2.53. The maximum Gasteiger partial charge on any atom is 0.308 e. The van der Waals surface area contributed by atoms with Gasteiger partial charge in [0.25, 0.3) is 0 Å². The van der Waals surface area contributed by atoms with Crippen LogP contribution in [-0.2, 0) is 9.53 Å². The number of rotatable bonds is 7. The Balaban J connectivity index is 2.67. The normalized spacial score (nSPS) is 14.9. The molecule has 0 amide bonds. The molecule has 108 valence electrons. The average Bonchev–Trinajstić information content (AvgIpc) is 2.51. The van der Waals surface area contributed by atoms with E-state index in [1.54, 1.807) is 0 Å². The van der Waals surface area contributed by atoms with Gasteiger partial charge in [-0.05, 0) is 30.7 Å². The highest BCUT2D eigenvalue weighted by atomic mass is 16.5. The largest absolute Gasteiger partial charge is 0.469 e. The summed E-state index contributed by atoms with van der Waals surface area (Å²) in [5.41, 5.74) is 1.26. The number of methoxy groups -OCH3 is 1. The highest BCUT2D eigenvalue weighted by Crippen LogP contribution is 2.29. The molecule has 0 aromatic heterocycles. The zero-order valence-electron chi connectivity index (χ0n) is 12.5. The molecule has 3 atom stereocenters. The van der Waals surface area contributed by atoms with Gasteiger partial charge in [0.05, 0.1) is 19.1 Å². The van der Waals surface area contributed by atoms with Crippen molar-refractivity contribution < 1.29 is 9.53 Å². The summed E-state index contributed by atoms with van der Waals surface area (Å²) in [6.45, 7) is 3.95. The van der Waals surface area contributed by atoms with Crippen LogP contribution in [0.4, 0.5) is 0 Å². The number of carbonyl (C=O) groups is 1. The minimum atomic E-state index is -0.238. The van der Waals surface area contributed by atoms with Crippen molar-refractivity contribution in [2.45, 2.75) is 39.0 Å². The molecule has 0 fully saturated rings. The molecular weight excluding hydrogens is 250 g/mol. The quantitative estimate of drug-likeness (QED) is 0.708. The molecule has 0 saturated heterocycles. The summed E-state index contributed by atoms with van der Waals surface area (Å²) in [4.78, 5) is 11.5. The molecule has 0 aliphatic rings. The van der Waals surface area contributed by atoms with Gasteiger partial charge in [-0.15, -0.1) is 0 Å². The van der Waals surface area contributed by atoms with Gasteiger partial charge in [0.1, 0.15) is 0 Å². The smallest absolute Gasteiger partial charge is 0.308 e. The van der Waals surface area contributed by atoms with E-state index in [2.05, 4.69) is 25.1 Å². The van der Waals surface area contributed by atoms with Crippen LogP contribution in [0.15, 0.2) is 30.3 Å². The van der Waals surface area contributed by atoms with Crippen molar-refractivity contribution in [3.63, 3.8) is 0 Å². The number of benzene rings is 1. The molecular formula is C17H23NO2. The standard InChI is InChI=1S/C17H23NO2/c1-4-15(16-8-6-5-7-9-16)11-14(12-18)10-13(2)17(19)20-3/h5-9,13-15H,4,10-11H2,1-3H3. The number of hydrogen-bond donors (Lipinski definition) is 0. The number of hydrogen-bond acceptors (Lipinski definition) is 3. The summed E-state index contributed by atoms with van der Waals surface area (Å²) in [7, 11) is 1.39. The molecule has 3 heteroatoms. The lowest BCUT2D eigenvalue weighted by Crippen LogP contribution is -2.17. The monoisotopic (exact) mass is 273 g/mol. The van der Waals surface area contributed by atoms with Crippen molar-refractivity contribution >= 4 is 5.97 Å².